The van der Waals surface area contributed by atoms with Crippen molar-refractivity contribution in [1.82, 2.24) is 14.9 Å². The summed E-state index contributed by atoms with van der Waals surface area (Å²) in [5.41, 5.74) is 3.04. The van der Waals surface area contributed by atoms with Crippen LogP contribution in [0.15, 0.2) is 35.3 Å². The van der Waals surface area contributed by atoms with Gasteiger partial charge in [0.15, 0.2) is 0 Å². The van der Waals surface area contributed by atoms with E-state index in [0.717, 1.165) is 17.9 Å². The molecule has 3 rings (SSSR count). The number of nitrogens with one attached hydrogen (secondary N) is 2. The van der Waals surface area contributed by atoms with Gasteiger partial charge in [0.2, 0.25) is 0 Å². The Kier molecular flexibility index (Phi) is 2.80. The fourth-order valence-corrected chi connectivity index (χ4v) is 2.63. The van der Waals surface area contributed by atoms with Crippen LogP contribution in [-0.4, -0.2) is 16.1 Å². The molecule has 1 aliphatic rings. The van der Waals surface area contributed by atoms with Crippen molar-refractivity contribution in [3.63, 3.8) is 0 Å². The third-order valence-electron chi connectivity index (χ3n) is 3.55. The van der Waals surface area contributed by atoms with Crippen molar-refractivity contribution >= 4 is 0 Å². The van der Waals surface area contributed by atoms with Gasteiger partial charge in [-0.3, -0.25) is 4.57 Å². The number of nitrogens with zero attached hydrogens (tertiary/aromatic N) is 1. The van der Waals surface area contributed by atoms with Crippen molar-refractivity contribution in [2.24, 2.45) is 0 Å². The zero-order chi connectivity index (χ0) is 12.5. The number of rotatable bonds is 2. The molecule has 0 aliphatic carbocycles. The number of aromatic amines is 1. The number of aryl methyl sites for hydroxylation is 1. The monoisotopic (exact) mass is 243 g/mol. The quantitative estimate of drug-likeness (QED) is 0.846. The van der Waals surface area contributed by atoms with E-state index < -0.39 is 0 Å². The lowest BCUT2D eigenvalue weighted by molar-refractivity contribution is 0.647. The van der Waals surface area contributed by atoms with Crippen LogP contribution in [0.25, 0.3) is 5.69 Å². The second-order valence-electron chi connectivity index (χ2n) is 4.81. The van der Waals surface area contributed by atoms with Crippen molar-refractivity contribution in [3.05, 3.63) is 52.2 Å². The first-order valence-electron chi connectivity index (χ1n) is 6.36. The average Bonchev–Trinajstić information content (AvgIpc) is 3.00. The van der Waals surface area contributed by atoms with Gasteiger partial charge in [-0.15, -0.1) is 0 Å². The normalized spacial score (nSPS) is 19.3. The van der Waals surface area contributed by atoms with E-state index >= 15 is 0 Å². The van der Waals surface area contributed by atoms with E-state index in [2.05, 4.69) is 22.4 Å². The van der Waals surface area contributed by atoms with E-state index in [-0.39, 0.29) is 5.69 Å². The lowest BCUT2D eigenvalue weighted by Gasteiger charge is -2.12. The summed E-state index contributed by atoms with van der Waals surface area (Å²) >= 11 is 0. The maximum atomic E-state index is 11.8. The number of hydrogen-bond acceptors (Lipinski definition) is 2. The number of aromatic nitrogens is 2. The van der Waals surface area contributed by atoms with Crippen LogP contribution >= 0.6 is 0 Å². The molecule has 0 radical (unpaired) electrons. The molecule has 2 heterocycles. The van der Waals surface area contributed by atoms with Crippen LogP contribution in [0.2, 0.25) is 0 Å². The molecule has 0 bridgehead atoms. The van der Waals surface area contributed by atoms with Gasteiger partial charge in [0.05, 0.1) is 5.69 Å². The standard InChI is InChI=1S/C14H17N3O/c1-10-9-16-14(18)17(10)12-5-2-4-11(8-12)13-6-3-7-15-13/h2,4-5,8-9,13,15H,3,6-7H2,1H3,(H,16,18). The molecule has 4 heteroatoms. The lowest BCUT2D eigenvalue weighted by atomic mass is 10.0. The molecular weight excluding hydrogens is 226 g/mol. The summed E-state index contributed by atoms with van der Waals surface area (Å²) in [5, 5.41) is 3.48. The fourth-order valence-electron chi connectivity index (χ4n) is 2.63. The largest absolute Gasteiger partial charge is 0.330 e. The molecule has 1 fully saturated rings. The summed E-state index contributed by atoms with van der Waals surface area (Å²) < 4.78 is 1.71. The van der Waals surface area contributed by atoms with Crippen molar-refractivity contribution in [2.45, 2.75) is 25.8 Å². The Hall–Kier alpha value is -1.81. The summed E-state index contributed by atoms with van der Waals surface area (Å²) in [6.45, 7) is 3.01. The van der Waals surface area contributed by atoms with Gasteiger partial charge in [0.25, 0.3) is 0 Å². The molecule has 1 atom stereocenters. The molecule has 1 aromatic heterocycles. The predicted octanol–water partition coefficient (Wildman–Crippen LogP) is 1.90. The van der Waals surface area contributed by atoms with Gasteiger partial charge < -0.3 is 10.3 Å². The smallest absolute Gasteiger partial charge is 0.312 e. The van der Waals surface area contributed by atoms with Gasteiger partial charge in [-0.05, 0) is 44.0 Å². The van der Waals surface area contributed by atoms with E-state index in [1.165, 1.54) is 18.4 Å². The van der Waals surface area contributed by atoms with Crippen LogP contribution in [0, 0.1) is 6.92 Å². The van der Waals surface area contributed by atoms with E-state index in [0.29, 0.717) is 6.04 Å². The van der Waals surface area contributed by atoms with Gasteiger partial charge in [-0.1, -0.05) is 12.1 Å². The van der Waals surface area contributed by atoms with E-state index in [9.17, 15) is 4.79 Å². The molecule has 2 N–H and O–H groups in total. The highest BCUT2D eigenvalue weighted by Gasteiger charge is 2.16. The van der Waals surface area contributed by atoms with Crippen LogP contribution in [0.5, 0.6) is 0 Å². The SMILES string of the molecule is Cc1c[nH]c(=O)n1-c1cccc(C2CCCN2)c1. The van der Waals surface area contributed by atoms with E-state index in [1.54, 1.807) is 10.8 Å². The van der Waals surface area contributed by atoms with Crippen LogP contribution in [0.3, 0.4) is 0 Å². The fraction of sp³-hybridized carbons (Fsp3) is 0.357. The van der Waals surface area contributed by atoms with Crippen LogP contribution in [0.4, 0.5) is 0 Å². The van der Waals surface area contributed by atoms with E-state index in [1.807, 2.05) is 19.1 Å². The zero-order valence-electron chi connectivity index (χ0n) is 10.4. The van der Waals surface area contributed by atoms with Crippen molar-refractivity contribution < 1.29 is 0 Å². The number of H-pyrrole nitrogens is 1. The van der Waals surface area contributed by atoms with Gasteiger partial charge in [0, 0.05) is 17.9 Å². The number of imidazole rings is 1. The predicted molar refractivity (Wildman–Crippen MR) is 71.1 cm³/mol. The second kappa shape index (κ2) is 4.46. The zero-order valence-corrected chi connectivity index (χ0v) is 10.4. The first kappa shape index (κ1) is 11.3. The summed E-state index contributed by atoms with van der Waals surface area (Å²) in [7, 11) is 0. The lowest BCUT2D eigenvalue weighted by Crippen LogP contribution is -2.17. The topological polar surface area (TPSA) is 49.8 Å². The molecule has 2 aromatic rings. The van der Waals surface area contributed by atoms with E-state index in [4.69, 9.17) is 0 Å². The highest BCUT2D eigenvalue weighted by Crippen LogP contribution is 2.24. The Bertz CT molecular complexity index is 605. The first-order valence-corrected chi connectivity index (χ1v) is 6.36. The van der Waals surface area contributed by atoms with Gasteiger partial charge in [0.1, 0.15) is 0 Å². The molecule has 0 saturated carbocycles. The van der Waals surface area contributed by atoms with Gasteiger partial charge in [-0.25, -0.2) is 4.79 Å². The third kappa shape index (κ3) is 1.88. The maximum absolute atomic E-state index is 11.8. The van der Waals surface area contributed by atoms with Crippen LogP contribution in [-0.2, 0) is 0 Å². The molecule has 0 spiro atoms. The number of benzene rings is 1. The minimum Gasteiger partial charge on any atom is -0.312 e. The summed E-state index contributed by atoms with van der Waals surface area (Å²) in [5.74, 6) is 0. The molecule has 1 aliphatic heterocycles. The Morgan fingerprint density at radius 1 is 1.39 bits per heavy atom. The Morgan fingerprint density at radius 3 is 2.94 bits per heavy atom. The molecule has 1 saturated heterocycles. The highest BCUT2D eigenvalue weighted by molar-refractivity contribution is 5.38. The minimum absolute atomic E-state index is 0.0796. The average molecular weight is 243 g/mol. The molecule has 94 valence electrons. The van der Waals surface area contributed by atoms with Crippen LogP contribution < -0.4 is 11.0 Å². The van der Waals surface area contributed by atoms with Crippen LogP contribution in [0.1, 0.15) is 30.1 Å². The third-order valence-corrected chi connectivity index (χ3v) is 3.55. The maximum Gasteiger partial charge on any atom is 0.330 e. The Labute approximate surface area is 106 Å². The Morgan fingerprint density at radius 2 is 2.28 bits per heavy atom. The Balaban J connectivity index is 2.03. The molecular formula is C14H17N3O. The molecule has 4 nitrogen and oxygen atoms in total. The van der Waals surface area contributed by atoms with Gasteiger partial charge >= 0.3 is 5.69 Å². The molecule has 0 amide bonds. The van der Waals surface area contributed by atoms with Crippen molar-refractivity contribution in [3.8, 4) is 5.69 Å². The first-order chi connectivity index (χ1) is 8.75. The summed E-state index contributed by atoms with van der Waals surface area (Å²) in [4.78, 5) is 14.5. The van der Waals surface area contributed by atoms with Crippen molar-refractivity contribution in [2.75, 3.05) is 6.54 Å². The molecule has 1 aromatic carbocycles. The summed E-state index contributed by atoms with van der Waals surface area (Å²) in [6.07, 6.45) is 4.13. The summed E-state index contributed by atoms with van der Waals surface area (Å²) in [6, 6.07) is 8.65. The molecule has 1 unspecified atom stereocenters. The van der Waals surface area contributed by atoms with Gasteiger partial charge in [-0.2, -0.15) is 0 Å². The minimum atomic E-state index is -0.0796. The number of hydrogen-bond donors (Lipinski definition) is 2. The molecule has 18 heavy (non-hydrogen) atoms. The van der Waals surface area contributed by atoms with Crippen molar-refractivity contribution in [1.29, 1.82) is 0 Å². The second-order valence-corrected chi connectivity index (χ2v) is 4.81. The highest BCUT2D eigenvalue weighted by atomic mass is 16.1.